The van der Waals surface area contributed by atoms with Crippen molar-refractivity contribution >= 4 is 51.9 Å². The smallest absolute Gasteiger partial charge is 0.316 e. The molecule has 166 valence electrons. The van der Waals surface area contributed by atoms with Crippen molar-refractivity contribution in [3.63, 3.8) is 0 Å². The molecule has 1 aromatic heterocycles. The highest BCUT2D eigenvalue weighted by atomic mass is 35.5. The van der Waals surface area contributed by atoms with E-state index in [2.05, 4.69) is 9.97 Å². The summed E-state index contributed by atoms with van der Waals surface area (Å²) in [6, 6.07) is 5.01. The predicted molar refractivity (Wildman–Crippen MR) is 116 cm³/mol. The van der Waals surface area contributed by atoms with Crippen LogP contribution in [0.5, 0.6) is 11.5 Å². The number of nitro benzene ring substituents is 1. The summed E-state index contributed by atoms with van der Waals surface area (Å²) in [6.07, 6.45) is -0.122. The summed E-state index contributed by atoms with van der Waals surface area (Å²) in [4.78, 5) is 54.0. The molecule has 0 bridgehead atoms. The Balaban J connectivity index is 2.28. The van der Waals surface area contributed by atoms with Crippen molar-refractivity contribution in [3.05, 3.63) is 54.8 Å². The Labute approximate surface area is 190 Å². The number of ether oxygens (including phenoxy) is 2. The number of carbonyl (C=O) groups excluding carboxylic acids is 2. The Morgan fingerprint density at radius 1 is 1.06 bits per heavy atom. The molecule has 0 atom stereocenters. The molecule has 0 saturated carbocycles. The van der Waals surface area contributed by atoms with Crippen LogP contribution in [0, 0.1) is 10.1 Å². The largest absolute Gasteiger partial charge is 0.422 e. The molecule has 0 radical (unpaired) electrons. The number of nitrogens with one attached hydrogen (secondary N) is 1. The number of nitro groups is 1. The Morgan fingerprint density at radius 2 is 1.69 bits per heavy atom. The fraction of sp³-hybridized carbons (Fsp3) is 0.200. The number of nitrogens with zero attached hydrogens (tertiary/aromatic N) is 2. The maximum absolute atomic E-state index is 12.7. The predicted octanol–water partition coefficient (Wildman–Crippen LogP) is 4.44. The van der Waals surface area contributed by atoms with Crippen LogP contribution in [0.3, 0.4) is 0 Å². The van der Waals surface area contributed by atoms with Gasteiger partial charge in [0.1, 0.15) is 5.69 Å². The molecule has 10 nitrogen and oxygen atoms in total. The number of H-pyrrole nitrogens is 1. The zero-order valence-electron chi connectivity index (χ0n) is 16.7. The highest BCUT2D eigenvalue weighted by Crippen LogP contribution is 2.41. The molecule has 0 amide bonds. The van der Waals surface area contributed by atoms with E-state index < -0.39 is 39.6 Å². The summed E-state index contributed by atoms with van der Waals surface area (Å²) < 4.78 is 10.2. The fourth-order valence-electron chi connectivity index (χ4n) is 2.70. The number of carbonyl (C=O) groups is 2. The van der Waals surface area contributed by atoms with Crippen molar-refractivity contribution in [2.75, 3.05) is 0 Å². The molecular weight excluding hydrogens is 465 g/mol. The second-order valence-electron chi connectivity index (χ2n) is 6.43. The van der Waals surface area contributed by atoms with E-state index in [4.69, 9.17) is 32.7 Å². The van der Waals surface area contributed by atoms with Crippen molar-refractivity contribution in [1.82, 2.24) is 9.97 Å². The van der Waals surface area contributed by atoms with Crippen LogP contribution in [0.1, 0.15) is 26.7 Å². The highest BCUT2D eigenvalue weighted by molar-refractivity contribution is 6.42. The van der Waals surface area contributed by atoms with Gasteiger partial charge in [0.2, 0.25) is 0 Å². The first-order valence-corrected chi connectivity index (χ1v) is 10.0. The van der Waals surface area contributed by atoms with Gasteiger partial charge < -0.3 is 14.5 Å². The van der Waals surface area contributed by atoms with Crippen molar-refractivity contribution in [2.24, 2.45) is 0 Å². The van der Waals surface area contributed by atoms with Gasteiger partial charge in [0.25, 0.3) is 11.3 Å². The molecule has 0 aliphatic rings. The summed E-state index contributed by atoms with van der Waals surface area (Å²) in [5, 5.41) is 12.1. The number of aromatic amines is 1. The van der Waals surface area contributed by atoms with E-state index in [0.29, 0.717) is 5.52 Å². The Bertz CT molecular complexity index is 1320. The van der Waals surface area contributed by atoms with Gasteiger partial charge in [0.15, 0.2) is 5.75 Å². The Morgan fingerprint density at radius 3 is 2.31 bits per heavy atom. The normalized spacial score (nSPS) is 10.8. The second-order valence-corrected chi connectivity index (χ2v) is 7.25. The lowest BCUT2D eigenvalue weighted by molar-refractivity contribution is -0.385. The number of hydrogen-bond acceptors (Lipinski definition) is 8. The van der Waals surface area contributed by atoms with Gasteiger partial charge in [-0.05, 0) is 18.2 Å². The molecule has 0 aliphatic carbocycles. The van der Waals surface area contributed by atoms with E-state index in [-0.39, 0.29) is 39.7 Å². The zero-order valence-corrected chi connectivity index (χ0v) is 18.2. The van der Waals surface area contributed by atoms with Gasteiger partial charge in [-0.2, -0.15) is 0 Å². The van der Waals surface area contributed by atoms with E-state index in [1.165, 1.54) is 32.0 Å². The molecule has 2 aromatic carbocycles. The number of esters is 2. The van der Waals surface area contributed by atoms with Gasteiger partial charge >= 0.3 is 17.6 Å². The number of hydrogen-bond donors (Lipinski definition) is 1. The van der Waals surface area contributed by atoms with Crippen molar-refractivity contribution < 1.29 is 24.0 Å². The number of fused-ring (bicyclic) bond motifs is 1. The molecule has 32 heavy (non-hydrogen) atoms. The van der Waals surface area contributed by atoms with Crippen LogP contribution in [0.15, 0.2) is 29.1 Å². The van der Waals surface area contributed by atoms with E-state index in [0.717, 1.165) is 6.07 Å². The molecule has 0 fully saturated rings. The second kappa shape index (κ2) is 9.33. The summed E-state index contributed by atoms with van der Waals surface area (Å²) in [5.41, 5.74) is -1.05. The minimum absolute atomic E-state index is 0.0406. The monoisotopic (exact) mass is 479 g/mol. The fourth-order valence-corrected chi connectivity index (χ4v) is 3.02. The first-order valence-electron chi connectivity index (χ1n) is 9.27. The molecule has 0 saturated heterocycles. The molecule has 0 aliphatic heterocycles. The van der Waals surface area contributed by atoms with Crippen LogP contribution in [-0.2, 0) is 9.59 Å². The third-order valence-electron chi connectivity index (χ3n) is 4.26. The van der Waals surface area contributed by atoms with Crippen LogP contribution in [0.4, 0.5) is 5.69 Å². The first-order chi connectivity index (χ1) is 15.1. The lowest BCUT2D eigenvalue weighted by Crippen LogP contribution is -2.14. The average molecular weight is 480 g/mol. The van der Waals surface area contributed by atoms with Crippen LogP contribution in [0.2, 0.25) is 10.0 Å². The third-order valence-corrected chi connectivity index (χ3v) is 4.98. The summed E-state index contributed by atoms with van der Waals surface area (Å²) in [5.74, 6) is -2.44. The molecule has 12 heteroatoms. The number of rotatable bonds is 6. The van der Waals surface area contributed by atoms with Gasteiger partial charge in [-0.15, -0.1) is 0 Å². The molecule has 0 unspecified atom stereocenters. The van der Waals surface area contributed by atoms with Gasteiger partial charge in [-0.25, -0.2) is 4.98 Å². The van der Waals surface area contributed by atoms with E-state index in [9.17, 15) is 24.5 Å². The molecule has 3 rings (SSSR count). The zero-order chi connectivity index (χ0) is 23.6. The molecule has 3 aromatic rings. The number of aromatic nitrogens is 2. The summed E-state index contributed by atoms with van der Waals surface area (Å²) >= 11 is 12.0. The van der Waals surface area contributed by atoms with Crippen molar-refractivity contribution in [2.45, 2.75) is 26.7 Å². The Hall–Kier alpha value is -3.50. The number of halogens is 2. The topological polar surface area (TPSA) is 141 Å². The average Bonchev–Trinajstić information content (AvgIpc) is 2.75. The molecule has 1 N–H and O–H groups in total. The molecule has 0 spiro atoms. The quantitative estimate of drug-likeness (QED) is 0.236. The van der Waals surface area contributed by atoms with Crippen molar-refractivity contribution in [3.8, 4) is 22.8 Å². The lowest BCUT2D eigenvalue weighted by Gasteiger charge is -2.12. The molecular formula is C20H15Cl2N3O7. The summed E-state index contributed by atoms with van der Waals surface area (Å²) in [6.45, 7) is 3.01. The van der Waals surface area contributed by atoms with E-state index >= 15 is 0 Å². The lowest BCUT2D eigenvalue weighted by atomic mass is 10.1. The van der Waals surface area contributed by atoms with Crippen LogP contribution >= 0.6 is 23.2 Å². The van der Waals surface area contributed by atoms with Gasteiger partial charge in [0, 0.05) is 24.5 Å². The van der Waals surface area contributed by atoms with E-state index in [1.807, 2.05) is 0 Å². The van der Waals surface area contributed by atoms with Crippen LogP contribution in [0.25, 0.3) is 22.3 Å². The summed E-state index contributed by atoms with van der Waals surface area (Å²) in [7, 11) is 0. The Kier molecular flexibility index (Phi) is 6.75. The van der Waals surface area contributed by atoms with Gasteiger partial charge in [-0.1, -0.05) is 37.0 Å². The van der Waals surface area contributed by atoms with Crippen LogP contribution < -0.4 is 15.0 Å². The SMILES string of the molecule is CCC(=O)Oc1cc(-c2nc3cc(Cl)c(Cl)cc3[nH]c2=O)cc([N+](=O)[O-])c1OC(=O)CC. The van der Waals surface area contributed by atoms with Gasteiger partial charge in [-0.3, -0.25) is 24.5 Å². The molecule has 1 heterocycles. The minimum Gasteiger partial charge on any atom is -0.422 e. The highest BCUT2D eigenvalue weighted by Gasteiger charge is 2.27. The number of benzene rings is 2. The van der Waals surface area contributed by atoms with Gasteiger partial charge in [0.05, 0.1) is 26.0 Å². The van der Waals surface area contributed by atoms with Crippen LogP contribution in [-0.4, -0.2) is 26.8 Å². The maximum Gasteiger partial charge on any atom is 0.316 e. The standard InChI is InChI=1S/C20H15Cl2N3O7/c1-3-16(26)31-15-6-9(5-14(25(29)30)19(15)32-17(27)4-2)18-20(28)24-13-8-11(22)10(21)7-12(13)23-18/h5-8H,3-4H2,1-2H3,(H,24,28). The first kappa shape index (κ1) is 23.2. The van der Waals surface area contributed by atoms with Crippen molar-refractivity contribution in [1.29, 1.82) is 0 Å². The van der Waals surface area contributed by atoms with E-state index in [1.54, 1.807) is 0 Å². The minimum atomic E-state index is -0.822. The third kappa shape index (κ3) is 4.71. The maximum atomic E-state index is 12.7.